The van der Waals surface area contributed by atoms with Crippen LogP contribution in [0.4, 0.5) is 11.5 Å². The molecule has 0 bridgehead atoms. The SMILES string of the molecule is Nc1ccc(C(=O)Nc2ccc(=O)[nH]n2)c(Cl)c1. The molecule has 1 heterocycles. The molecular formula is C11H9ClN4O2. The van der Waals surface area contributed by atoms with Crippen LogP contribution in [0.25, 0.3) is 0 Å². The number of carbonyl (C=O) groups excluding carboxylic acids is 1. The Balaban J connectivity index is 2.22. The van der Waals surface area contributed by atoms with Crippen LogP contribution in [0, 0.1) is 0 Å². The number of nitrogen functional groups attached to an aromatic ring is 1. The van der Waals surface area contributed by atoms with Crippen LogP contribution in [0.1, 0.15) is 10.4 Å². The van der Waals surface area contributed by atoms with E-state index in [1.807, 2.05) is 0 Å². The maximum absolute atomic E-state index is 11.9. The number of benzene rings is 1. The first kappa shape index (κ1) is 12.1. The van der Waals surface area contributed by atoms with Crippen molar-refractivity contribution in [2.75, 3.05) is 11.1 Å². The molecule has 0 unspecified atom stereocenters. The van der Waals surface area contributed by atoms with Crippen molar-refractivity contribution in [3.63, 3.8) is 0 Å². The van der Waals surface area contributed by atoms with E-state index in [0.717, 1.165) is 0 Å². The number of nitrogens with zero attached hydrogens (tertiary/aromatic N) is 1. The summed E-state index contributed by atoms with van der Waals surface area (Å²) in [5.41, 5.74) is 5.93. The number of H-pyrrole nitrogens is 1. The van der Waals surface area contributed by atoms with E-state index in [9.17, 15) is 9.59 Å². The summed E-state index contributed by atoms with van der Waals surface area (Å²) in [5, 5.41) is 8.61. The number of hydrogen-bond donors (Lipinski definition) is 3. The molecule has 0 spiro atoms. The molecule has 0 saturated heterocycles. The molecular weight excluding hydrogens is 256 g/mol. The summed E-state index contributed by atoms with van der Waals surface area (Å²) < 4.78 is 0. The van der Waals surface area contributed by atoms with E-state index in [2.05, 4.69) is 15.5 Å². The lowest BCUT2D eigenvalue weighted by Crippen LogP contribution is -2.16. The molecule has 0 saturated carbocycles. The van der Waals surface area contributed by atoms with Crippen molar-refractivity contribution in [2.24, 2.45) is 0 Å². The van der Waals surface area contributed by atoms with Crippen molar-refractivity contribution >= 4 is 29.0 Å². The van der Waals surface area contributed by atoms with Crippen molar-refractivity contribution in [2.45, 2.75) is 0 Å². The van der Waals surface area contributed by atoms with E-state index in [4.69, 9.17) is 17.3 Å². The number of hydrogen-bond acceptors (Lipinski definition) is 4. The maximum Gasteiger partial charge on any atom is 0.264 e. The quantitative estimate of drug-likeness (QED) is 0.711. The second-order valence-corrected chi connectivity index (χ2v) is 3.91. The van der Waals surface area contributed by atoms with Crippen LogP contribution in [0.3, 0.4) is 0 Å². The van der Waals surface area contributed by atoms with Crippen LogP contribution < -0.4 is 16.6 Å². The molecule has 0 aliphatic carbocycles. The van der Waals surface area contributed by atoms with Gasteiger partial charge in [0.2, 0.25) is 0 Å². The zero-order valence-corrected chi connectivity index (χ0v) is 9.86. The van der Waals surface area contributed by atoms with E-state index < -0.39 is 5.91 Å². The molecule has 0 atom stereocenters. The highest BCUT2D eigenvalue weighted by Gasteiger charge is 2.11. The van der Waals surface area contributed by atoms with E-state index >= 15 is 0 Å². The Kier molecular flexibility index (Phi) is 3.29. The first-order valence-corrected chi connectivity index (χ1v) is 5.36. The van der Waals surface area contributed by atoms with Gasteiger partial charge in [0.1, 0.15) is 0 Å². The topological polar surface area (TPSA) is 101 Å². The van der Waals surface area contributed by atoms with Crippen molar-refractivity contribution < 1.29 is 4.79 Å². The van der Waals surface area contributed by atoms with Crippen LogP contribution in [-0.4, -0.2) is 16.1 Å². The summed E-state index contributed by atoms with van der Waals surface area (Å²) in [6.45, 7) is 0. The normalized spacial score (nSPS) is 10.1. The van der Waals surface area contributed by atoms with Gasteiger partial charge in [-0.05, 0) is 24.3 Å². The summed E-state index contributed by atoms with van der Waals surface area (Å²) in [7, 11) is 0. The van der Waals surface area contributed by atoms with Crippen molar-refractivity contribution in [3.05, 3.63) is 51.3 Å². The molecule has 0 aliphatic rings. The van der Waals surface area contributed by atoms with Gasteiger partial charge in [0.05, 0.1) is 10.6 Å². The van der Waals surface area contributed by atoms with Gasteiger partial charge < -0.3 is 11.1 Å². The molecule has 2 rings (SSSR count). The highest BCUT2D eigenvalue weighted by molar-refractivity contribution is 6.34. The largest absolute Gasteiger partial charge is 0.399 e. The lowest BCUT2D eigenvalue weighted by Gasteiger charge is -2.05. The third kappa shape index (κ3) is 2.67. The Labute approximate surface area is 107 Å². The Morgan fingerprint density at radius 2 is 2.11 bits per heavy atom. The van der Waals surface area contributed by atoms with Gasteiger partial charge in [-0.15, -0.1) is 0 Å². The molecule has 4 N–H and O–H groups in total. The van der Waals surface area contributed by atoms with E-state index in [1.165, 1.54) is 24.3 Å². The van der Waals surface area contributed by atoms with Gasteiger partial charge in [-0.25, -0.2) is 5.10 Å². The molecule has 7 heteroatoms. The van der Waals surface area contributed by atoms with E-state index in [0.29, 0.717) is 5.69 Å². The fraction of sp³-hybridized carbons (Fsp3) is 0. The molecule has 1 amide bonds. The van der Waals surface area contributed by atoms with Gasteiger partial charge in [0.15, 0.2) is 5.82 Å². The Morgan fingerprint density at radius 3 is 2.72 bits per heavy atom. The number of rotatable bonds is 2. The Morgan fingerprint density at radius 1 is 1.33 bits per heavy atom. The fourth-order valence-electron chi connectivity index (χ4n) is 1.31. The third-order valence-corrected chi connectivity index (χ3v) is 2.47. The molecule has 18 heavy (non-hydrogen) atoms. The van der Waals surface area contributed by atoms with Gasteiger partial charge in [0, 0.05) is 11.8 Å². The summed E-state index contributed by atoms with van der Waals surface area (Å²) in [6, 6.07) is 7.21. The second-order valence-electron chi connectivity index (χ2n) is 3.50. The van der Waals surface area contributed by atoms with Crippen LogP contribution in [-0.2, 0) is 0 Å². The minimum Gasteiger partial charge on any atom is -0.399 e. The van der Waals surface area contributed by atoms with Gasteiger partial charge in [-0.1, -0.05) is 11.6 Å². The molecule has 0 fully saturated rings. The smallest absolute Gasteiger partial charge is 0.264 e. The van der Waals surface area contributed by atoms with Gasteiger partial charge in [-0.3, -0.25) is 9.59 Å². The zero-order chi connectivity index (χ0) is 13.1. The number of halogens is 1. The molecule has 2 aromatic rings. The summed E-state index contributed by atoms with van der Waals surface area (Å²) >= 11 is 5.90. The number of aromatic amines is 1. The number of aromatic nitrogens is 2. The fourth-order valence-corrected chi connectivity index (χ4v) is 1.59. The van der Waals surface area contributed by atoms with Gasteiger partial charge in [-0.2, -0.15) is 5.10 Å². The third-order valence-electron chi connectivity index (χ3n) is 2.16. The Hall–Kier alpha value is -2.34. The van der Waals surface area contributed by atoms with Crippen molar-refractivity contribution in [1.82, 2.24) is 10.2 Å². The second kappa shape index (κ2) is 4.89. The average Bonchev–Trinajstić information content (AvgIpc) is 2.32. The molecule has 0 aliphatic heterocycles. The minimum absolute atomic E-state index is 0.229. The van der Waals surface area contributed by atoms with Crippen molar-refractivity contribution in [1.29, 1.82) is 0 Å². The van der Waals surface area contributed by atoms with E-state index in [1.54, 1.807) is 6.07 Å². The Bertz CT molecular complexity index is 633. The molecule has 1 aromatic heterocycles. The monoisotopic (exact) mass is 264 g/mol. The lowest BCUT2D eigenvalue weighted by molar-refractivity contribution is 0.102. The first-order valence-electron chi connectivity index (χ1n) is 4.98. The summed E-state index contributed by atoms with van der Waals surface area (Å²) in [6.07, 6.45) is 0. The first-order chi connectivity index (χ1) is 8.56. The molecule has 0 radical (unpaired) electrons. The number of nitrogens with one attached hydrogen (secondary N) is 2. The summed E-state index contributed by atoms with van der Waals surface area (Å²) in [4.78, 5) is 22.7. The number of amides is 1. The van der Waals surface area contributed by atoms with Crippen LogP contribution >= 0.6 is 11.6 Å². The summed E-state index contributed by atoms with van der Waals surface area (Å²) in [5.74, 6) is -0.202. The molecule has 92 valence electrons. The maximum atomic E-state index is 11.9. The van der Waals surface area contributed by atoms with Crippen LogP contribution in [0.5, 0.6) is 0 Å². The number of anilines is 2. The van der Waals surface area contributed by atoms with Crippen LogP contribution in [0.2, 0.25) is 5.02 Å². The molecule has 1 aromatic carbocycles. The van der Waals surface area contributed by atoms with E-state index in [-0.39, 0.29) is 22.0 Å². The average molecular weight is 265 g/mol. The van der Waals surface area contributed by atoms with Gasteiger partial charge >= 0.3 is 0 Å². The highest BCUT2D eigenvalue weighted by atomic mass is 35.5. The minimum atomic E-state index is -0.431. The predicted molar refractivity (Wildman–Crippen MR) is 68.7 cm³/mol. The molecule has 6 nitrogen and oxygen atoms in total. The highest BCUT2D eigenvalue weighted by Crippen LogP contribution is 2.19. The lowest BCUT2D eigenvalue weighted by atomic mass is 10.2. The predicted octanol–water partition coefficient (Wildman–Crippen LogP) is 1.26. The van der Waals surface area contributed by atoms with Gasteiger partial charge in [0.25, 0.3) is 11.5 Å². The standard InChI is InChI=1S/C11H9ClN4O2/c12-8-5-6(13)1-2-7(8)11(18)14-9-3-4-10(17)16-15-9/h1-5H,13H2,(H,16,17)(H,14,15,18). The number of nitrogens with two attached hydrogens (primary N) is 1. The van der Waals surface area contributed by atoms with Crippen molar-refractivity contribution in [3.8, 4) is 0 Å². The zero-order valence-electron chi connectivity index (χ0n) is 9.11. The van der Waals surface area contributed by atoms with Crippen LogP contribution in [0.15, 0.2) is 35.1 Å². The number of carbonyl (C=O) groups is 1.